The van der Waals surface area contributed by atoms with Crippen LogP contribution in [0.4, 0.5) is 0 Å². The van der Waals surface area contributed by atoms with E-state index in [1.807, 2.05) is 36.4 Å². The number of para-hydroxylation sites is 1. The summed E-state index contributed by atoms with van der Waals surface area (Å²) >= 11 is 0. The molecule has 3 N–H and O–H groups in total. The van der Waals surface area contributed by atoms with Crippen molar-refractivity contribution in [2.45, 2.75) is 31.8 Å². The lowest BCUT2D eigenvalue weighted by atomic mass is 9.81. The number of hydrogen-bond donors (Lipinski definition) is 2. The average Bonchev–Trinajstić information content (AvgIpc) is 3.63. The molecule has 0 bridgehead atoms. The molecule has 46 heavy (non-hydrogen) atoms. The molecule has 0 saturated carbocycles. The van der Waals surface area contributed by atoms with Crippen LogP contribution in [0.2, 0.25) is 0 Å². The summed E-state index contributed by atoms with van der Waals surface area (Å²) in [4.78, 5) is 0. The lowest BCUT2D eigenvalue weighted by molar-refractivity contribution is 0.631. The summed E-state index contributed by atoms with van der Waals surface area (Å²) in [5.41, 5.74) is 18.4. The first-order valence-corrected chi connectivity index (χ1v) is 16.0. The molecule has 0 radical (unpaired) electrons. The van der Waals surface area contributed by atoms with Gasteiger partial charge in [-0.15, -0.1) is 0 Å². The molecular weight excluding hydrogens is 560 g/mol. The Kier molecular flexibility index (Phi) is 6.85. The molecule has 1 aliphatic rings. The molecule has 7 aromatic rings. The maximum atomic E-state index is 6.84. The quantitative estimate of drug-likeness (QED) is 0.180. The van der Waals surface area contributed by atoms with Crippen LogP contribution in [-0.4, -0.2) is 0 Å². The van der Waals surface area contributed by atoms with E-state index in [2.05, 4.69) is 128 Å². The molecule has 8 rings (SSSR count). The van der Waals surface area contributed by atoms with E-state index in [4.69, 9.17) is 10.2 Å². The van der Waals surface area contributed by atoms with Gasteiger partial charge in [-0.25, -0.2) is 0 Å². The van der Waals surface area contributed by atoms with Crippen LogP contribution in [0.15, 0.2) is 150 Å². The minimum absolute atomic E-state index is 0.127. The monoisotopic (exact) mass is 596 g/mol. The van der Waals surface area contributed by atoms with E-state index in [9.17, 15) is 0 Å². The normalized spacial score (nSPS) is 14.3. The van der Waals surface area contributed by atoms with Crippen molar-refractivity contribution >= 4 is 27.4 Å². The number of allylic oxidation sites excluding steroid dienone is 1. The van der Waals surface area contributed by atoms with Gasteiger partial charge >= 0.3 is 0 Å². The van der Waals surface area contributed by atoms with E-state index in [-0.39, 0.29) is 11.6 Å². The number of rotatable bonds is 7. The second-order valence-electron chi connectivity index (χ2n) is 12.8. The Labute approximate surface area is 270 Å². The molecule has 1 aliphatic carbocycles. The fraction of sp³-hybridized carbons (Fsp3) is 0.116. The number of hydrogen-bond acceptors (Lipinski definition) is 3. The molecule has 1 aromatic heterocycles. The molecule has 3 nitrogen and oxygen atoms in total. The van der Waals surface area contributed by atoms with Crippen LogP contribution in [0.25, 0.3) is 49.9 Å². The summed E-state index contributed by atoms with van der Waals surface area (Å²) in [6.07, 6.45) is 2.66. The van der Waals surface area contributed by atoms with Gasteiger partial charge in [-0.2, -0.15) is 0 Å². The fourth-order valence-electron chi connectivity index (χ4n) is 7.05. The van der Waals surface area contributed by atoms with Gasteiger partial charge in [-0.1, -0.05) is 129 Å². The summed E-state index contributed by atoms with van der Waals surface area (Å²) in [5.74, 6) is 0.878. The standard InChI is InChI=1S/C43H36N2O/c1-43(2)36-20-11-19-34(41(36)35-25-30-15-6-7-16-31(30)26-37(35)43)38(45-42(44)29-13-4-3-5-14-29)23-22-28-12-10-18-32(24-28)40-27-33-17-8-9-21-39(33)46-40/h3-21,23-27,42,45H,22,44H2,1-2H3/b38-23-. The van der Waals surface area contributed by atoms with Crippen molar-refractivity contribution in [3.05, 3.63) is 173 Å². The molecule has 1 atom stereocenters. The molecule has 224 valence electrons. The van der Waals surface area contributed by atoms with E-state index in [1.165, 1.54) is 44.2 Å². The Hall–Kier alpha value is -5.38. The second kappa shape index (κ2) is 11.2. The minimum Gasteiger partial charge on any atom is -0.456 e. The molecular formula is C43H36N2O. The number of fused-ring (bicyclic) bond motifs is 5. The van der Waals surface area contributed by atoms with Gasteiger partial charge in [-0.3, -0.25) is 0 Å². The van der Waals surface area contributed by atoms with Crippen molar-refractivity contribution in [2.24, 2.45) is 5.73 Å². The molecule has 0 amide bonds. The Morgan fingerprint density at radius 2 is 1.43 bits per heavy atom. The van der Waals surface area contributed by atoms with Crippen LogP contribution in [0, 0.1) is 0 Å². The first kappa shape index (κ1) is 28.1. The van der Waals surface area contributed by atoms with Gasteiger partial charge in [0.2, 0.25) is 0 Å². The zero-order chi connectivity index (χ0) is 31.3. The smallest absolute Gasteiger partial charge is 0.135 e. The number of furan rings is 1. The number of benzene rings is 6. The van der Waals surface area contributed by atoms with Crippen molar-refractivity contribution in [1.82, 2.24) is 5.32 Å². The predicted molar refractivity (Wildman–Crippen MR) is 191 cm³/mol. The Balaban J connectivity index is 1.23. The maximum absolute atomic E-state index is 6.84. The molecule has 0 aliphatic heterocycles. The van der Waals surface area contributed by atoms with Gasteiger partial charge in [0, 0.05) is 27.6 Å². The Morgan fingerprint density at radius 1 is 0.717 bits per heavy atom. The lowest BCUT2D eigenvalue weighted by Crippen LogP contribution is -2.28. The molecule has 6 aromatic carbocycles. The topological polar surface area (TPSA) is 51.2 Å². The summed E-state index contributed by atoms with van der Waals surface area (Å²) in [5, 5.41) is 7.36. The first-order valence-electron chi connectivity index (χ1n) is 16.0. The maximum Gasteiger partial charge on any atom is 0.135 e. The Morgan fingerprint density at radius 3 is 2.24 bits per heavy atom. The van der Waals surface area contributed by atoms with E-state index < -0.39 is 0 Å². The van der Waals surface area contributed by atoms with E-state index in [0.29, 0.717) is 0 Å². The third-order valence-electron chi connectivity index (χ3n) is 9.51. The van der Waals surface area contributed by atoms with Crippen LogP contribution >= 0.6 is 0 Å². The predicted octanol–water partition coefficient (Wildman–Crippen LogP) is 10.4. The summed E-state index contributed by atoms with van der Waals surface area (Å²) in [6.45, 7) is 4.68. The van der Waals surface area contributed by atoms with Crippen molar-refractivity contribution in [3.63, 3.8) is 0 Å². The summed E-state index contributed by atoms with van der Waals surface area (Å²) < 4.78 is 6.20. The summed E-state index contributed by atoms with van der Waals surface area (Å²) in [7, 11) is 0. The van der Waals surface area contributed by atoms with Crippen LogP contribution in [0.1, 0.15) is 47.8 Å². The van der Waals surface area contributed by atoms with Gasteiger partial charge in [0.15, 0.2) is 0 Å². The Bertz CT molecular complexity index is 2220. The van der Waals surface area contributed by atoms with E-state index >= 15 is 0 Å². The summed E-state index contributed by atoms with van der Waals surface area (Å²) in [6, 6.07) is 49.3. The van der Waals surface area contributed by atoms with Gasteiger partial charge in [0.1, 0.15) is 17.5 Å². The van der Waals surface area contributed by atoms with Gasteiger partial charge in [0.25, 0.3) is 0 Å². The van der Waals surface area contributed by atoms with E-state index in [1.54, 1.807) is 0 Å². The molecule has 3 heteroatoms. The molecule has 1 heterocycles. The number of nitrogens with one attached hydrogen (secondary N) is 1. The highest BCUT2D eigenvalue weighted by Crippen LogP contribution is 2.52. The zero-order valence-corrected chi connectivity index (χ0v) is 26.1. The largest absolute Gasteiger partial charge is 0.456 e. The van der Waals surface area contributed by atoms with Crippen molar-refractivity contribution in [3.8, 4) is 22.5 Å². The van der Waals surface area contributed by atoms with Gasteiger partial charge < -0.3 is 15.5 Å². The van der Waals surface area contributed by atoms with Gasteiger partial charge in [0.05, 0.1) is 0 Å². The van der Waals surface area contributed by atoms with Crippen LogP contribution in [0.3, 0.4) is 0 Å². The minimum atomic E-state index is -0.365. The van der Waals surface area contributed by atoms with Gasteiger partial charge in [-0.05, 0) is 80.9 Å². The van der Waals surface area contributed by atoms with Crippen molar-refractivity contribution in [1.29, 1.82) is 0 Å². The van der Waals surface area contributed by atoms with Crippen LogP contribution in [-0.2, 0) is 11.8 Å². The highest BCUT2D eigenvalue weighted by molar-refractivity contribution is 5.97. The zero-order valence-electron chi connectivity index (χ0n) is 26.1. The highest BCUT2D eigenvalue weighted by Gasteiger charge is 2.37. The number of nitrogens with two attached hydrogens (primary N) is 1. The molecule has 1 unspecified atom stereocenters. The SMILES string of the molecule is CC1(C)c2cc3ccccc3cc2-c2c(/C(=C/Cc3cccc(-c4cc5ccccc5o4)c3)NC(N)c3ccccc3)cccc21. The van der Waals surface area contributed by atoms with Crippen molar-refractivity contribution in [2.75, 3.05) is 0 Å². The first-order chi connectivity index (χ1) is 22.5. The van der Waals surface area contributed by atoms with Crippen LogP contribution in [0.5, 0.6) is 0 Å². The lowest BCUT2D eigenvalue weighted by Gasteiger charge is -2.23. The second-order valence-corrected chi connectivity index (χ2v) is 12.8. The van der Waals surface area contributed by atoms with Crippen LogP contribution < -0.4 is 11.1 Å². The van der Waals surface area contributed by atoms with E-state index in [0.717, 1.165) is 40.0 Å². The molecule has 0 fully saturated rings. The average molecular weight is 597 g/mol. The fourth-order valence-corrected chi connectivity index (χ4v) is 7.05. The third-order valence-corrected chi connectivity index (χ3v) is 9.51. The highest BCUT2D eigenvalue weighted by atomic mass is 16.3. The third kappa shape index (κ3) is 4.90. The molecule has 0 saturated heterocycles. The van der Waals surface area contributed by atoms with Crippen molar-refractivity contribution < 1.29 is 4.42 Å². The molecule has 0 spiro atoms.